The van der Waals surface area contributed by atoms with Crippen molar-refractivity contribution in [1.29, 1.82) is 0 Å². The SMILES string of the molecule is Cc1nccn1-c1ccc(N2CCN(C(=O)Cc3ccc(F)cc3)CC2)nn1. The monoisotopic (exact) mass is 380 g/mol. The lowest BCUT2D eigenvalue weighted by Gasteiger charge is -2.35. The number of benzene rings is 1. The van der Waals surface area contributed by atoms with Crippen LogP contribution >= 0.6 is 0 Å². The summed E-state index contributed by atoms with van der Waals surface area (Å²) < 4.78 is 14.9. The minimum absolute atomic E-state index is 0.0586. The van der Waals surface area contributed by atoms with Gasteiger partial charge in [-0.05, 0) is 36.8 Å². The number of rotatable bonds is 4. The number of carbonyl (C=O) groups excluding carboxylic acids is 1. The summed E-state index contributed by atoms with van der Waals surface area (Å²) in [6.07, 6.45) is 3.87. The Bertz CT molecular complexity index is 946. The maximum Gasteiger partial charge on any atom is 0.227 e. The maximum atomic E-state index is 13.0. The minimum atomic E-state index is -0.292. The number of hydrogen-bond acceptors (Lipinski definition) is 5. The lowest BCUT2D eigenvalue weighted by Crippen LogP contribution is -2.49. The molecule has 0 spiro atoms. The smallest absolute Gasteiger partial charge is 0.227 e. The number of aromatic nitrogens is 4. The van der Waals surface area contributed by atoms with Gasteiger partial charge in [0.2, 0.25) is 5.91 Å². The van der Waals surface area contributed by atoms with Crippen LogP contribution in [0.2, 0.25) is 0 Å². The van der Waals surface area contributed by atoms with E-state index in [0.717, 1.165) is 23.0 Å². The number of aryl methyl sites for hydroxylation is 1. The van der Waals surface area contributed by atoms with Gasteiger partial charge in [0.05, 0.1) is 6.42 Å². The molecule has 28 heavy (non-hydrogen) atoms. The van der Waals surface area contributed by atoms with Crippen molar-refractivity contribution in [2.45, 2.75) is 13.3 Å². The van der Waals surface area contributed by atoms with Crippen molar-refractivity contribution < 1.29 is 9.18 Å². The predicted molar refractivity (Wildman–Crippen MR) is 103 cm³/mol. The van der Waals surface area contributed by atoms with E-state index in [9.17, 15) is 9.18 Å². The van der Waals surface area contributed by atoms with E-state index < -0.39 is 0 Å². The van der Waals surface area contributed by atoms with Gasteiger partial charge in [-0.1, -0.05) is 12.1 Å². The Morgan fingerprint density at radius 1 is 1.00 bits per heavy atom. The average molecular weight is 380 g/mol. The van der Waals surface area contributed by atoms with Crippen LogP contribution in [0, 0.1) is 12.7 Å². The van der Waals surface area contributed by atoms with Gasteiger partial charge in [-0.3, -0.25) is 9.36 Å². The minimum Gasteiger partial charge on any atom is -0.352 e. The van der Waals surface area contributed by atoms with Gasteiger partial charge in [0, 0.05) is 38.6 Å². The highest BCUT2D eigenvalue weighted by molar-refractivity contribution is 5.79. The Morgan fingerprint density at radius 2 is 1.68 bits per heavy atom. The molecule has 3 heterocycles. The zero-order chi connectivity index (χ0) is 19.5. The van der Waals surface area contributed by atoms with Crippen molar-refractivity contribution in [3.05, 3.63) is 66.0 Å². The van der Waals surface area contributed by atoms with Crippen molar-refractivity contribution in [1.82, 2.24) is 24.6 Å². The quantitative estimate of drug-likeness (QED) is 0.693. The summed E-state index contributed by atoms with van der Waals surface area (Å²) in [7, 11) is 0. The normalized spacial score (nSPS) is 14.4. The largest absolute Gasteiger partial charge is 0.352 e. The fraction of sp³-hybridized carbons (Fsp3) is 0.300. The molecular weight excluding hydrogens is 359 g/mol. The summed E-state index contributed by atoms with van der Waals surface area (Å²) in [5.74, 6) is 2.15. The molecule has 0 saturated carbocycles. The summed E-state index contributed by atoms with van der Waals surface area (Å²) in [5.41, 5.74) is 0.824. The zero-order valence-electron chi connectivity index (χ0n) is 15.6. The van der Waals surface area contributed by atoms with E-state index in [1.54, 1.807) is 18.3 Å². The molecule has 0 N–H and O–H groups in total. The van der Waals surface area contributed by atoms with Crippen molar-refractivity contribution in [2.75, 3.05) is 31.1 Å². The molecule has 3 aromatic rings. The molecule has 1 fully saturated rings. The van der Waals surface area contributed by atoms with E-state index >= 15 is 0 Å². The molecule has 0 unspecified atom stereocenters. The Kier molecular flexibility index (Phi) is 5.01. The van der Waals surface area contributed by atoms with Crippen LogP contribution in [-0.2, 0) is 11.2 Å². The van der Waals surface area contributed by atoms with Crippen molar-refractivity contribution >= 4 is 11.7 Å². The summed E-state index contributed by atoms with van der Waals surface area (Å²) in [4.78, 5) is 20.6. The van der Waals surface area contributed by atoms with E-state index in [4.69, 9.17) is 0 Å². The summed E-state index contributed by atoms with van der Waals surface area (Å²) >= 11 is 0. The first-order valence-corrected chi connectivity index (χ1v) is 9.21. The van der Waals surface area contributed by atoms with Crippen LogP contribution < -0.4 is 4.90 Å². The van der Waals surface area contributed by atoms with Crippen LogP contribution in [0.25, 0.3) is 5.82 Å². The highest BCUT2D eigenvalue weighted by atomic mass is 19.1. The Hall–Kier alpha value is -3.29. The first kappa shape index (κ1) is 18.1. The van der Waals surface area contributed by atoms with Crippen LogP contribution in [0.3, 0.4) is 0 Å². The van der Waals surface area contributed by atoms with E-state index in [1.807, 2.05) is 34.7 Å². The van der Waals surface area contributed by atoms with Crippen molar-refractivity contribution in [3.8, 4) is 5.82 Å². The van der Waals surface area contributed by atoms with Crippen LogP contribution in [0.1, 0.15) is 11.4 Å². The Morgan fingerprint density at radius 3 is 2.29 bits per heavy atom. The molecule has 0 radical (unpaired) electrons. The van der Waals surface area contributed by atoms with E-state index in [1.165, 1.54) is 12.1 Å². The van der Waals surface area contributed by atoms with Crippen LogP contribution in [0.4, 0.5) is 10.2 Å². The van der Waals surface area contributed by atoms with Gasteiger partial charge in [-0.2, -0.15) is 0 Å². The van der Waals surface area contributed by atoms with Gasteiger partial charge in [0.1, 0.15) is 11.6 Å². The van der Waals surface area contributed by atoms with E-state index in [-0.39, 0.29) is 11.7 Å². The Balaban J connectivity index is 1.34. The third-order valence-electron chi connectivity index (χ3n) is 4.93. The Labute approximate surface area is 162 Å². The number of hydrogen-bond donors (Lipinski definition) is 0. The number of amides is 1. The van der Waals surface area contributed by atoms with E-state index in [2.05, 4.69) is 20.1 Å². The topological polar surface area (TPSA) is 67.2 Å². The molecule has 1 amide bonds. The highest BCUT2D eigenvalue weighted by Gasteiger charge is 2.22. The molecule has 8 heteroatoms. The molecule has 1 aromatic carbocycles. The van der Waals surface area contributed by atoms with Crippen LogP contribution in [-0.4, -0.2) is 56.7 Å². The molecule has 0 atom stereocenters. The molecule has 7 nitrogen and oxygen atoms in total. The highest BCUT2D eigenvalue weighted by Crippen LogP contribution is 2.16. The number of carbonyl (C=O) groups is 1. The number of piperazine rings is 1. The molecular formula is C20H21FN6O. The maximum absolute atomic E-state index is 13.0. The van der Waals surface area contributed by atoms with Gasteiger partial charge < -0.3 is 9.80 Å². The number of imidazole rings is 1. The standard InChI is InChI=1S/C20H21FN6O/c1-15-22-8-9-27(15)19-7-6-18(23-24-19)25-10-12-26(13-11-25)20(28)14-16-2-4-17(21)5-3-16/h2-9H,10-14H2,1H3. The van der Waals surface area contributed by atoms with Crippen LogP contribution in [0.15, 0.2) is 48.8 Å². The van der Waals surface area contributed by atoms with Gasteiger partial charge in [0.15, 0.2) is 11.6 Å². The molecule has 1 saturated heterocycles. The fourth-order valence-electron chi connectivity index (χ4n) is 3.31. The third-order valence-corrected chi connectivity index (χ3v) is 4.93. The van der Waals surface area contributed by atoms with Crippen molar-refractivity contribution in [3.63, 3.8) is 0 Å². The molecule has 1 aliphatic heterocycles. The molecule has 2 aromatic heterocycles. The average Bonchev–Trinajstić information content (AvgIpc) is 3.16. The molecule has 4 rings (SSSR count). The second-order valence-corrected chi connectivity index (χ2v) is 6.77. The number of halogens is 1. The van der Waals surface area contributed by atoms with Gasteiger partial charge in [-0.15, -0.1) is 10.2 Å². The van der Waals surface area contributed by atoms with Crippen molar-refractivity contribution in [2.24, 2.45) is 0 Å². The first-order valence-electron chi connectivity index (χ1n) is 9.21. The molecule has 1 aliphatic rings. The number of nitrogens with zero attached hydrogens (tertiary/aromatic N) is 6. The van der Waals surface area contributed by atoms with Gasteiger partial charge >= 0.3 is 0 Å². The van der Waals surface area contributed by atoms with E-state index in [0.29, 0.717) is 32.6 Å². The molecule has 144 valence electrons. The molecule has 0 bridgehead atoms. The zero-order valence-corrected chi connectivity index (χ0v) is 15.6. The van der Waals surface area contributed by atoms with Gasteiger partial charge in [-0.25, -0.2) is 9.37 Å². The summed E-state index contributed by atoms with van der Waals surface area (Å²) in [5, 5.41) is 8.63. The predicted octanol–water partition coefficient (Wildman–Crippen LogP) is 2.00. The van der Waals surface area contributed by atoms with Gasteiger partial charge in [0.25, 0.3) is 0 Å². The first-order chi connectivity index (χ1) is 13.6. The second-order valence-electron chi connectivity index (χ2n) is 6.77. The van der Waals surface area contributed by atoms with Crippen LogP contribution in [0.5, 0.6) is 0 Å². The number of anilines is 1. The fourth-order valence-corrected chi connectivity index (χ4v) is 3.31. The molecule has 0 aliphatic carbocycles. The summed E-state index contributed by atoms with van der Waals surface area (Å²) in [6, 6.07) is 9.94. The second kappa shape index (κ2) is 7.75. The lowest BCUT2D eigenvalue weighted by atomic mass is 10.1. The summed E-state index contributed by atoms with van der Waals surface area (Å²) in [6.45, 7) is 4.58. The lowest BCUT2D eigenvalue weighted by molar-refractivity contribution is -0.130. The third kappa shape index (κ3) is 3.85.